The van der Waals surface area contributed by atoms with E-state index in [4.69, 9.17) is 9.84 Å². The lowest BCUT2D eigenvalue weighted by Crippen LogP contribution is -2.02. The summed E-state index contributed by atoms with van der Waals surface area (Å²) in [6.45, 7) is 8.65. The molecule has 0 atom stereocenters. The Morgan fingerprint density at radius 1 is 1.32 bits per heavy atom. The zero-order chi connectivity index (χ0) is 14.4. The Bertz CT molecular complexity index is 487. The summed E-state index contributed by atoms with van der Waals surface area (Å²) in [6, 6.07) is 4.05. The maximum atomic E-state index is 10.9. The van der Waals surface area contributed by atoms with Gasteiger partial charge in [0.05, 0.1) is 6.61 Å². The minimum atomic E-state index is -0.919. The van der Waals surface area contributed by atoms with Crippen molar-refractivity contribution in [3.05, 3.63) is 34.9 Å². The van der Waals surface area contributed by atoms with Crippen LogP contribution in [0.3, 0.4) is 0 Å². The molecule has 1 aromatic rings. The van der Waals surface area contributed by atoms with Crippen molar-refractivity contribution in [1.29, 1.82) is 0 Å². The van der Waals surface area contributed by atoms with Crippen LogP contribution in [0.2, 0.25) is 0 Å². The third kappa shape index (κ3) is 4.12. The lowest BCUT2D eigenvalue weighted by Gasteiger charge is -2.16. The van der Waals surface area contributed by atoms with Crippen LogP contribution in [-0.2, 0) is 4.79 Å². The van der Waals surface area contributed by atoms with Crippen LogP contribution in [0.4, 0.5) is 0 Å². The topological polar surface area (TPSA) is 46.5 Å². The Morgan fingerprint density at radius 2 is 2.00 bits per heavy atom. The number of hydrogen-bond acceptors (Lipinski definition) is 2. The van der Waals surface area contributed by atoms with E-state index in [1.807, 2.05) is 26.8 Å². The maximum Gasteiger partial charge on any atom is 0.328 e. The molecule has 3 heteroatoms. The monoisotopic (exact) mass is 262 g/mol. The molecule has 1 aromatic carbocycles. The number of rotatable bonds is 6. The number of aryl methyl sites for hydroxylation is 2. The third-order valence-electron chi connectivity index (χ3n) is 2.89. The average Bonchev–Trinajstić information content (AvgIpc) is 2.34. The quantitative estimate of drug-likeness (QED) is 0.789. The van der Waals surface area contributed by atoms with Gasteiger partial charge in [0.2, 0.25) is 0 Å². The molecule has 1 N–H and O–H groups in total. The SMILES string of the molecule is CCCOc1c(C)cc(C)cc1/C(=C/C(=O)O)CC. The highest BCUT2D eigenvalue weighted by atomic mass is 16.5. The van der Waals surface area contributed by atoms with Crippen LogP contribution < -0.4 is 4.74 Å². The van der Waals surface area contributed by atoms with Crippen molar-refractivity contribution in [2.75, 3.05) is 6.61 Å². The summed E-state index contributed by atoms with van der Waals surface area (Å²) in [5, 5.41) is 8.96. The normalized spacial score (nSPS) is 11.5. The summed E-state index contributed by atoms with van der Waals surface area (Å²) in [5.41, 5.74) is 3.86. The Morgan fingerprint density at radius 3 is 2.53 bits per heavy atom. The first-order chi connectivity index (χ1) is 8.99. The van der Waals surface area contributed by atoms with Crippen molar-refractivity contribution in [3.8, 4) is 5.75 Å². The van der Waals surface area contributed by atoms with Gasteiger partial charge in [0.15, 0.2) is 0 Å². The molecule has 104 valence electrons. The molecule has 0 fully saturated rings. The van der Waals surface area contributed by atoms with Gasteiger partial charge in [-0.15, -0.1) is 0 Å². The van der Waals surface area contributed by atoms with Crippen LogP contribution in [0.1, 0.15) is 43.4 Å². The van der Waals surface area contributed by atoms with E-state index in [1.54, 1.807) is 0 Å². The van der Waals surface area contributed by atoms with Gasteiger partial charge in [-0.2, -0.15) is 0 Å². The molecule has 0 saturated carbocycles. The number of benzene rings is 1. The molecular weight excluding hydrogens is 240 g/mol. The number of aliphatic carboxylic acids is 1. The van der Waals surface area contributed by atoms with E-state index in [2.05, 4.69) is 13.0 Å². The predicted molar refractivity (Wildman–Crippen MR) is 77.6 cm³/mol. The van der Waals surface area contributed by atoms with Gasteiger partial charge in [-0.1, -0.05) is 19.9 Å². The van der Waals surface area contributed by atoms with Gasteiger partial charge in [-0.3, -0.25) is 0 Å². The van der Waals surface area contributed by atoms with Gasteiger partial charge in [-0.25, -0.2) is 4.79 Å². The zero-order valence-corrected chi connectivity index (χ0v) is 12.1. The van der Waals surface area contributed by atoms with Crippen LogP contribution in [0.15, 0.2) is 18.2 Å². The Balaban J connectivity index is 3.33. The van der Waals surface area contributed by atoms with Crippen molar-refractivity contribution in [2.24, 2.45) is 0 Å². The van der Waals surface area contributed by atoms with E-state index in [9.17, 15) is 4.79 Å². The highest BCUT2D eigenvalue weighted by Gasteiger charge is 2.12. The largest absolute Gasteiger partial charge is 0.493 e. The van der Waals surface area contributed by atoms with Crippen molar-refractivity contribution in [2.45, 2.75) is 40.5 Å². The molecule has 1 rings (SSSR count). The summed E-state index contributed by atoms with van der Waals surface area (Å²) in [4.78, 5) is 10.9. The zero-order valence-electron chi connectivity index (χ0n) is 12.1. The molecule has 0 aromatic heterocycles. The van der Waals surface area contributed by atoms with Gasteiger partial charge >= 0.3 is 5.97 Å². The molecule has 0 saturated heterocycles. The minimum absolute atomic E-state index is 0.640. The predicted octanol–water partition coefficient (Wildman–Crippen LogP) is 3.97. The molecule has 0 spiro atoms. The van der Waals surface area contributed by atoms with Crippen molar-refractivity contribution < 1.29 is 14.6 Å². The molecule has 0 unspecified atom stereocenters. The molecule has 0 radical (unpaired) electrons. The van der Waals surface area contributed by atoms with Crippen LogP contribution in [-0.4, -0.2) is 17.7 Å². The fourth-order valence-electron chi connectivity index (χ4n) is 2.11. The first kappa shape index (κ1) is 15.3. The Hall–Kier alpha value is -1.77. The van der Waals surface area contributed by atoms with E-state index in [0.717, 1.165) is 34.4 Å². The first-order valence-corrected chi connectivity index (χ1v) is 6.67. The molecule has 0 heterocycles. The number of allylic oxidation sites excluding steroid dienone is 1. The third-order valence-corrected chi connectivity index (χ3v) is 2.89. The summed E-state index contributed by atoms with van der Waals surface area (Å²) < 4.78 is 5.80. The molecule has 19 heavy (non-hydrogen) atoms. The lowest BCUT2D eigenvalue weighted by molar-refractivity contribution is -0.131. The standard InChI is InChI=1S/C16H22O3/c1-5-7-19-16-12(4)8-11(3)9-14(16)13(6-2)10-15(17)18/h8-10H,5-7H2,1-4H3,(H,17,18)/b13-10+. The van der Waals surface area contributed by atoms with Crippen LogP contribution >= 0.6 is 0 Å². The van der Waals surface area contributed by atoms with Crippen LogP contribution in [0.25, 0.3) is 5.57 Å². The van der Waals surface area contributed by atoms with Crippen LogP contribution in [0.5, 0.6) is 5.75 Å². The molecule has 0 aliphatic heterocycles. The lowest BCUT2D eigenvalue weighted by atomic mass is 9.97. The van der Waals surface area contributed by atoms with E-state index >= 15 is 0 Å². The fourth-order valence-corrected chi connectivity index (χ4v) is 2.11. The van der Waals surface area contributed by atoms with E-state index in [0.29, 0.717) is 13.0 Å². The molecule has 3 nitrogen and oxygen atoms in total. The van der Waals surface area contributed by atoms with Crippen LogP contribution in [0, 0.1) is 13.8 Å². The van der Waals surface area contributed by atoms with E-state index in [-0.39, 0.29) is 0 Å². The summed E-state index contributed by atoms with van der Waals surface area (Å²) in [5.74, 6) is -0.112. The molecule has 0 aliphatic carbocycles. The van der Waals surface area contributed by atoms with E-state index < -0.39 is 5.97 Å². The summed E-state index contributed by atoms with van der Waals surface area (Å²) in [6.07, 6.45) is 2.86. The van der Waals surface area contributed by atoms with Gasteiger partial charge in [0.1, 0.15) is 5.75 Å². The van der Waals surface area contributed by atoms with Gasteiger partial charge < -0.3 is 9.84 Å². The van der Waals surface area contributed by atoms with E-state index in [1.165, 1.54) is 6.08 Å². The second kappa shape index (κ2) is 6.98. The summed E-state index contributed by atoms with van der Waals surface area (Å²) >= 11 is 0. The average molecular weight is 262 g/mol. The first-order valence-electron chi connectivity index (χ1n) is 6.67. The molecule has 0 aliphatic rings. The Labute approximate surface area is 114 Å². The maximum absolute atomic E-state index is 10.9. The highest BCUT2D eigenvalue weighted by Crippen LogP contribution is 2.32. The number of hydrogen-bond donors (Lipinski definition) is 1. The molecule has 0 bridgehead atoms. The highest BCUT2D eigenvalue weighted by molar-refractivity contribution is 5.91. The van der Waals surface area contributed by atoms with Gasteiger partial charge in [0.25, 0.3) is 0 Å². The number of carboxylic acid groups (broad SMARTS) is 1. The van der Waals surface area contributed by atoms with Gasteiger partial charge in [-0.05, 0) is 49.5 Å². The number of ether oxygens (including phenoxy) is 1. The Kier molecular flexibility index (Phi) is 5.61. The second-order valence-corrected chi connectivity index (χ2v) is 4.67. The summed E-state index contributed by atoms with van der Waals surface area (Å²) in [7, 11) is 0. The second-order valence-electron chi connectivity index (χ2n) is 4.67. The fraction of sp³-hybridized carbons (Fsp3) is 0.438. The molecular formula is C16H22O3. The van der Waals surface area contributed by atoms with Crippen molar-refractivity contribution >= 4 is 11.5 Å². The number of carbonyl (C=O) groups is 1. The number of carboxylic acids is 1. The smallest absolute Gasteiger partial charge is 0.328 e. The van der Waals surface area contributed by atoms with Crippen molar-refractivity contribution in [1.82, 2.24) is 0 Å². The van der Waals surface area contributed by atoms with Gasteiger partial charge in [0, 0.05) is 11.6 Å². The van der Waals surface area contributed by atoms with Crippen molar-refractivity contribution in [3.63, 3.8) is 0 Å². The minimum Gasteiger partial charge on any atom is -0.493 e. The molecule has 0 amide bonds.